The van der Waals surface area contributed by atoms with Crippen molar-refractivity contribution < 1.29 is 38.8 Å². The van der Waals surface area contributed by atoms with E-state index < -0.39 is 42.3 Å². The smallest absolute Gasteiger partial charge is 0.336 e. The molecule has 10 atom stereocenters. The molecular formula is C40H62O8. The SMILES string of the molecule is CC(=O)O[C@H]1C[C@@]2(C)[C@@H](C[C@@H](O)[C@H]3[C@@]4(C)CC[C@@H](O)[C@@H](C)[C@@H]4CC[C@@]32C)/C1=C(\CCC=C1CCCCC1)C(=O)OCOC(=O)C(C)(C)C. The molecular weight excluding hydrogens is 608 g/mol. The summed E-state index contributed by atoms with van der Waals surface area (Å²) in [5.41, 5.74) is 1.18. The molecule has 5 saturated carbocycles. The van der Waals surface area contributed by atoms with E-state index in [2.05, 4.69) is 33.8 Å². The molecule has 0 aromatic rings. The predicted octanol–water partition coefficient (Wildman–Crippen LogP) is 7.60. The third kappa shape index (κ3) is 6.66. The highest BCUT2D eigenvalue weighted by molar-refractivity contribution is 5.90. The Kier molecular flexibility index (Phi) is 10.7. The molecule has 5 fully saturated rings. The van der Waals surface area contributed by atoms with Gasteiger partial charge in [0, 0.05) is 12.5 Å². The van der Waals surface area contributed by atoms with Crippen molar-refractivity contribution in [3.8, 4) is 0 Å². The van der Waals surface area contributed by atoms with E-state index in [1.807, 2.05) is 0 Å². The number of rotatable bonds is 7. The summed E-state index contributed by atoms with van der Waals surface area (Å²) < 4.78 is 17.1. The maximum Gasteiger partial charge on any atom is 0.336 e. The first kappa shape index (κ1) is 37.1. The van der Waals surface area contributed by atoms with E-state index in [0.29, 0.717) is 37.2 Å². The molecule has 5 aliphatic carbocycles. The Bertz CT molecular complexity index is 1300. The maximum atomic E-state index is 14.1. The van der Waals surface area contributed by atoms with E-state index in [1.165, 1.54) is 31.8 Å². The molecule has 5 aliphatic rings. The van der Waals surface area contributed by atoms with Gasteiger partial charge in [0.1, 0.15) is 6.10 Å². The average Bonchev–Trinajstić information content (AvgIpc) is 3.28. The van der Waals surface area contributed by atoms with Crippen LogP contribution in [-0.2, 0) is 28.6 Å². The topological polar surface area (TPSA) is 119 Å². The largest absolute Gasteiger partial charge is 0.458 e. The number of fused-ring (bicyclic) bond motifs is 5. The Hall–Kier alpha value is -2.19. The molecule has 270 valence electrons. The van der Waals surface area contributed by atoms with E-state index in [0.717, 1.165) is 44.1 Å². The minimum atomic E-state index is -0.734. The van der Waals surface area contributed by atoms with Crippen LogP contribution in [0.5, 0.6) is 0 Å². The molecule has 0 bridgehead atoms. The van der Waals surface area contributed by atoms with E-state index >= 15 is 0 Å². The van der Waals surface area contributed by atoms with Crippen LogP contribution in [0.1, 0.15) is 139 Å². The summed E-state index contributed by atoms with van der Waals surface area (Å²) in [6, 6.07) is 0. The Morgan fingerprint density at radius 1 is 0.938 bits per heavy atom. The predicted molar refractivity (Wildman–Crippen MR) is 183 cm³/mol. The quantitative estimate of drug-likeness (QED) is 0.123. The standard InChI is InChI=1S/C40H62O8/c1-24-28-17-20-39(7)34(38(28,6)19-18-30(24)42)31(43)21-29-33(32(48-25(2)41)22-40(29,39)8)27(16-12-15-26-13-10-9-11-14-26)35(44)46-23-47-36(45)37(3,4)5/h15,24,28-32,34,42-43H,9-14,16-23H2,1-8H3/b33-27-/t24-,28-,29-,30+,31+,32-,34-,38-,39-,40-/m0/s1. The van der Waals surface area contributed by atoms with Crippen LogP contribution in [0.4, 0.5) is 0 Å². The number of ether oxygens (including phenoxy) is 3. The molecule has 0 unspecified atom stereocenters. The van der Waals surface area contributed by atoms with Crippen LogP contribution < -0.4 is 0 Å². The van der Waals surface area contributed by atoms with Gasteiger partial charge in [-0.1, -0.05) is 45.8 Å². The van der Waals surface area contributed by atoms with Crippen LogP contribution >= 0.6 is 0 Å². The van der Waals surface area contributed by atoms with Gasteiger partial charge in [-0.05, 0) is 143 Å². The third-order valence-corrected chi connectivity index (χ3v) is 13.9. The van der Waals surface area contributed by atoms with Gasteiger partial charge in [-0.2, -0.15) is 0 Å². The lowest BCUT2D eigenvalue weighted by Gasteiger charge is -2.69. The van der Waals surface area contributed by atoms with Crippen molar-refractivity contribution in [3.05, 3.63) is 22.8 Å². The van der Waals surface area contributed by atoms with Crippen LogP contribution in [0.25, 0.3) is 0 Å². The van der Waals surface area contributed by atoms with E-state index in [4.69, 9.17) is 14.2 Å². The lowest BCUT2D eigenvalue weighted by Crippen LogP contribution is -2.65. The van der Waals surface area contributed by atoms with Crippen molar-refractivity contribution >= 4 is 17.9 Å². The van der Waals surface area contributed by atoms with Gasteiger partial charge in [0.05, 0.1) is 17.6 Å². The second-order valence-corrected chi connectivity index (χ2v) is 17.7. The summed E-state index contributed by atoms with van der Waals surface area (Å²) in [7, 11) is 0. The summed E-state index contributed by atoms with van der Waals surface area (Å²) in [5.74, 6) is -1.09. The first-order valence-corrected chi connectivity index (χ1v) is 18.7. The lowest BCUT2D eigenvalue weighted by molar-refractivity contribution is -0.234. The van der Waals surface area contributed by atoms with Crippen molar-refractivity contribution in [1.29, 1.82) is 0 Å². The van der Waals surface area contributed by atoms with Crippen LogP contribution in [0, 0.1) is 45.3 Å². The van der Waals surface area contributed by atoms with E-state index in [1.54, 1.807) is 20.8 Å². The molecule has 0 heterocycles. The van der Waals surface area contributed by atoms with Gasteiger partial charge in [0.2, 0.25) is 6.79 Å². The number of allylic oxidation sites excluding steroid dienone is 2. The average molecular weight is 671 g/mol. The fraction of sp³-hybridized carbons (Fsp3) is 0.825. The number of hydrogen-bond acceptors (Lipinski definition) is 8. The number of carbonyl (C=O) groups excluding carboxylic acids is 3. The third-order valence-electron chi connectivity index (χ3n) is 13.9. The van der Waals surface area contributed by atoms with Crippen LogP contribution in [-0.4, -0.2) is 53.2 Å². The Labute approximate surface area is 288 Å². The molecule has 0 aliphatic heterocycles. The molecule has 0 saturated heterocycles. The molecule has 48 heavy (non-hydrogen) atoms. The second-order valence-electron chi connectivity index (χ2n) is 17.7. The van der Waals surface area contributed by atoms with Gasteiger partial charge in [-0.15, -0.1) is 0 Å². The Morgan fingerprint density at radius 2 is 1.62 bits per heavy atom. The van der Waals surface area contributed by atoms with Crippen molar-refractivity contribution in [2.24, 2.45) is 45.3 Å². The zero-order chi connectivity index (χ0) is 35.2. The van der Waals surface area contributed by atoms with Crippen LogP contribution in [0.2, 0.25) is 0 Å². The van der Waals surface area contributed by atoms with E-state index in [-0.39, 0.29) is 40.1 Å². The summed E-state index contributed by atoms with van der Waals surface area (Å²) in [6.07, 6.45) is 12.1. The van der Waals surface area contributed by atoms with Gasteiger partial charge >= 0.3 is 17.9 Å². The van der Waals surface area contributed by atoms with Gasteiger partial charge in [-0.25, -0.2) is 4.79 Å². The summed E-state index contributed by atoms with van der Waals surface area (Å²) >= 11 is 0. The van der Waals surface area contributed by atoms with Crippen LogP contribution in [0.15, 0.2) is 22.8 Å². The minimum Gasteiger partial charge on any atom is -0.458 e. The number of aliphatic hydroxyl groups is 2. The van der Waals surface area contributed by atoms with Crippen molar-refractivity contribution in [1.82, 2.24) is 0 Å². The molecule has 5 rings (SSSR count). The summed E-state index contributed by atoms with van der Waals surface area (Å²) in [5, 5.41) is 23.1. The van der Waals surface area contributed by atoms with Crippen molar-refractivity contribution in [2.45, 2.75) is 157 Å². The molecule has 0 aromatic heterocycles. The molecule has 0 spiro atoms. The summed E-state index contributed by atoms with van der Waals surface area (Å²) in [6.45, 7) is 15.3. The zero-order valence-corrected chi connectivity index (χ0v) is 30.9. The molecule has 0 radical (unpaired) electrons. The molecule has 2 N–H and O–H groups in total. The molecule has 8 nitrogen and oxygen atoms in total. The van der Waals surface area contributed by atoms with Crippen molar-refractivity contribution in [2.75, 3.05) is 6.79 Å². The maximum absolute atomic E-state index is 14.1. The minimum absolute atomic E-state index is 0.0144. The van der Waals surface area contributed by atoms with Gasteiger partial charge < -0.3 is 24.4 Å². The molecule has 0 aromatic carbocycles. The highest BCUT2D eigenvalue weighted by atomic mass is 16.7. The van der Waals surface area contributed by atoms with Crippen LogP contribution in [0.3, 0.4) is 0 Å². The Morgan fingerprint density at radius 3 is 2.27 bits per heavy atom. The zero-order valence-electron chi connectivity index (χ0n) is 30.9. The highest BCUT2D eigenvalue weighted by Gasteiger charge is 2.70. The second kappa shape index (κ2) is 13.8. The monoisotopic (exact) mass is 670 g/mol. The summed E-state index contributed by atoms with van der Waals surface area (Å²) in [4.78, 5) is 39.2. The highest BCUT2D eigenvalue weighted by Crippen LogP contribution is 2.74. The number of carbonyl (C=O) groups is 3. The molecule has 0 amide bonds. The number of esters is 3. The van der Waals surface area contributed by atoms with Gasteiger partial charge in [0.15, 0.2) is 0 Å². The first-order chi connectivity index (χ1) is 22.4. The normalized spacial score (nSPS) is 40.5. The number of hydrogen-bond donors (Lipinski definition) is 2. The van der Waals surface area contributed by atoms with Crippen molar-refractivity contribution in [3.63, 3.8) is 0 Å². The first-order valence-electron chi connectivity index (χ1n) is 18.7. The molecule has 8 heteroatoms. The number of aliphatic hydroxyl groups excluding tert-OH is 2. The fourth-order valence-electron chi connectivity index (χ4n) is 11.3. The lowest BCUT2D eigenvalue weighted by atomic mass is 9.36. The van der Waals surface area contributed by atoms with E-state index in [9.17, 15) is 24.6 Å². The fourth-order valence-corrected chi connectivity index (χ4v) is 11.3. The van der Waals surface area contributed by atoms with Gasteiger partial charge in [0.25, 0.3) is 0 Å². The Balaban J connectivity index is 1.54. The van der Waals surface area contributed by atoms with Gasteiger partial charge in [-0.3, -0.25) is 9.59 Å².